The third-order valence-corrected chi connectivity index (χ3v) is 4.58. The Morgan fingerprint density at radius 2 is 2.10 bits per heavy atom. The summed E-state index contributed by atoms with van der Waals surface area (Å²) in [6.45, 7) is 4.04. The summed E-state index contributed by atoms with van der Waals surface area (Å²) in [4.78, 5) is 0.613. The topological polar surface area (TPSA) is 43.8 Å². The molecule has 2 aromatic rings. The molecule has 0 bridgehead atoms. The first-order valence-corrected chi connectivity index (χ1v) is 7.55. The van der Waals surface area contributed by atoms with Crippen molar-refractivity contribution >= 4 is 11.8 Å². The maximum absolute atomic E-state index is 13.8. The summed E-state index contributed by atoms with van der Waals surface area (Å²) in [5.41, 5.74) is 8.14. The molecular formula is C15H20FN3S. The van der Waals surface area contributed by atoms with Gasteiger partial charge in [-0.05, 0) is 31.9 Å². The van der Waals surface area contributed by atoms with E-state index in [0.717, 1.165) is 29.1 Å². The third-order valence-electron chi connectivity index (χ3n) is 3.32. The fraction of sp³-hybridized carbons (Fsp3) is 0.400. The Morgan fingerprint density at radius 1 is 1.40 bits per heavy atom. The highest BCUT2D eigenvalue weighted by molar-refractivity contribution is 7.99. The lowest BCUT2D eigenvalue weighted by Gasteiger charge is -2.11. The largest absolute Gasteiger partial charge is 0.327 e. The lowest BCUT2D eigenvalue weighted by atomic mass is 10.1. The molecule has 2 rings (SSSR count). The first-order chi connectivity index (χ1) is 9.52. The minimum Gasteiger partial charge on any atom is -0.327 e. The molecular weight excluding hydrogens is 273 g/mol. The molecule has 0 fully saturated rings. The highest BCUT2D eigenvalue weighted by atomic mass is 32.2. The van der Waals surface area contributed by atoms with Crippen molar-refractivity contribution in [3.8, 4) is 0 Å². The maximum atomic E-state index is 13.8. The molecule has 0 aliphatic carbocycles. The number of hydrogen-bond donors (Lipinski definition) is 1. The van der Waals surface area contributed by atoms with Gasteiger partial charge in [0.25, 0.3) is 0 Å². The van der Waals surface area contributed by atoms with Crippen LogP contribution in [0.15, 0.2) is 34.2 Å². The number of hydrogen-bond acceptors (Lipinski definition) is 3. The summed E-state index contributed by atoms with van der Waals surface area (Å²) >= 11 is 1.41. The zero-order chi connectivity index (χ0) is 14.7. The van der Waals surface area contributed by atoms with Gasteiger partial charge in [-0.1, -0.05) is 30.8 Å². The van der Waals surface area contributed by atoms with E-state index in [0.29, 0.717) is 4.90 Å². The van der Waals surface area contributed by atoms with Crippen LogP contribution >= 0.6 is 11.8 Å². The molecule has 1 aromatic carbocycles. The molecule has 0 radical (unpaired) electrons. The highest BCUT2D eigenvalue weighted by Crippen LogP contribution is 2.33. The molecule has 0 saturated carbocycles. The van der Waals surface area contributed by atoms with Crippen molar-refractivity contribution in [1.82, 2.24) is 9.78 Å². The summed E-state index contributed by atoms with van der Waals surface area (Å²) in [6, 6.07) is 6.90. The van der Waals surface area contributed by atoms with Crippen LogP contribution in [-0.2, 0) is 13.5 Å². The van der Waals surface area contributed by atoms with Crippen molar-refractivity contribution in [2.45, 2.75) is 42.7 Å². The molecule has 0 spiro atoms. The number of aryl methyl sites for hydroxylation is 2. The summed E-state index contributed by atoms with van der Waals surface area (Å²) in [5.74, 6) is -0.206. The number of rotatable bonds is 5. The van der Waals surface area contributed by atoms with Gasteiger partial charge in [-0.25, -0.2) is 4.39 Å². The van der Waals surface area contributed by atoms with Crippen LogP contribution < -0.4 is 5.73 Å². The molecule has 1 unspecified atom stereocenters. The van der Waals surface area contributed by atoms with E-state index in [1.807, 2.05) is 24.7 Å². The Labute approximate surface area is 123 Å². The van der Waals surface area contributed by atoms with E-state index in [-0.39, 0.29) is 11.9 Å². The second-order valence-corrected chi connectivity index (χ2v) is 5.93. The molecule has 2 N–H and O–H groups in total. The molecule has 3 nitrogen and oxygen atoms in total. The van der Waals surface area contributed by atoms with Crippen LogP contribution in [0.3, 0.4) is 0 Å². The minimum atomic E-state index is -0.206. The van der Waals surface area contributed by atoms with E-state index in [1.165, 1.54) is 17.8 Å². The third kappa shape index (κ3) is 3.22. The number of nitrogens with zero attached hydrogens (tertiary/aromatic N) is 2. The fourth-order valence-electron chi connectivity index (χ4n) is 2.08. The summed E-state index contributed by atoms with van der Waals surface area (Å²) in [6.07, 6.45) is 1.69. The first kappa shape index (κ1) is 15.1. The molecule has 5 heteroatoms. The Hall–Kier alpha value is -1.33. The normalized spacial score (nSPS) is 12.7. The fourth-order valence-corrected chi connectivity index (χ4v) is 3.13. The standard InChI is InChI=1S/C15H20FN3S/c1-4-11(17)9-12-10(2)18-19(3)15(12)20-14-8-6-5-7-13(14)16/h5-8,11H,4,9,17H2,1-3H3. The molecule has 108 valence electrons. The van der Waals surface area contributed by atoms with Crippen molar-refractivity contribution in [1.29, 1.82) is 0 Å². The molecule has 1 aromatic heterocycles. The molecule has 0 amide bonds. The van der Waals surface area contributed by atoms with Crippen molar-refractivity contribution in [2.75, 3.05) is 0 Å². The van der Waals surface area contributed by atoms with Gasteiger partial charge in [-0.2, -0.15) is 5.10 Å². The van der Waals surface area contributed by atoms with Gasteiger partial charge >= 0.3 is 0 Å². The SMILES string of the molecule is CCC(N)Cc1c(C)nn(C)c1Sc1ccccc1F. The van der Waals surface area contributed by atoms with Crippen molar-refractivity contribution in [3.05, 3.63) is 41.3 Å². The maximum Gasteiger partial charge on any atom is 0.137 e. The van der Waals surface area contributed by atoms with Gasteiger partial charge in [0.2, 0.25) is 0 Å². The molecule has 1 atom stereocenters. The van der Waals surface area contributed by atoms with E-state index >= 15 is 0 Å². The Bertz CT molecular complexity index is 595. The van der Waals surface area contributed by atoms with Crippen LogP contribution in [0.5, 0.6) is 0 Å². The molecule has 0 aliphatic heterocycles. The van der Waals surface area contributed by atoms with Gasteiger partial charge in [0.15, 0.2) is 0 Å². The van der Waals surface area contributed by atoms with Gasteiger partial charge in [-0.15, -0.1) is 0 Å². The van der Waals surface area contributed by atoms with Crippen LogP contribution in [0.1, 0.15) is 24.6 Å². The van der Waals surface area contributed by atoms with Gasteiger partial charge in [-0.3, -0.25) is 4.68 Å². The smallest absolute Gasteiger partial charge is 0.137 e. The number of nitrogens with two attached hydrogens (primary N) is 1. The van der Waals surface area contributed by atoms with Crippen molar-refractivity contribution in [2.24, 2.45) is 12.8 Å². The molecule has 0 saturated heterocycles. The minimum absolute atomic E-state index is 0.109. The van der Waals surface area contributed by atoms with E-state index in [4.69, 9.17) is 5.73 Å². The number of aromatic nitrogens is 2. The predicted octanol–water partition coefficient (Wildman–Crippen LogP) is 3.30. The van der Waals surface area contributed by atoms with E-state index in [2.05, 4.69) is 12.0 Å². The van der Waals surface area contributed by atoms with Crippen molar-refractivity contribution in [3.63, 3.8) is 0 Å². The summed E-state index contributed by atoms with van der Waals surface area (Å²) in [7, 11) is 1.89. The van der Waals surface area contributed by atoms with E-state index in [1.54, 1.807) is 12.1 Å². The zero-order valence-corrected chi connectivity index (χ0v) is 12.9. The number of benzene rings is 1. The highest BCUT2D eigenvalue weighted by Gasteiger charge is 2.17. The molecule has 20 heavy (non-hydrogen) atoms. The second kappa shape index (κ2) is 6.41. The Morgan fingerprint density at radius 3 is 2.75 bits per heavy atom. The van der Waals surface area contributed by atoms with Crippen molar-refractivity contribution < 1.29 is 4.39 Å². The van der Waals surface area contributed by atoms with Crippen LogP contribution in [0.25, 0.3) is 0 Å². The molecule has 1 heterocycles. The van der Waals surface area contributed by atoms with Gasteiger partial charge < -0.3 is 5.73 Å². The van der Waals surface area contributed by atoms with Gasteiger partial charge in [0, 0.05) is 23.5 Å². The van der Waals surface area contributed by atoms with Crippen LogP contribution in [0.2, 0.25) is 0 Å². The number of halogens is 1. The monoisotopic (exact) mass is 293 g/mol. The average molecular weight is 293 g/mol. The molecule has 0 aliphatic rings. The first-order valence-electron chi connectivity index (χ1n) is 6.73. The average Bonchev–Trinajstić information content (AvgIpc) is 2.68. The van der Waals surface area contributed by atoms with Crippen LogP contribution in [0.4, 0.5) is 4.39 Å². The van der Waals surface area contributed by atoms with E-state index in [9.17, 15) is 4.39 Å². The van der Waals surface area contributed by atoms with E-state index < -0.39 is 0 Å². The van der Waals surface area contributed by atoms with Gasteiger partial charge in [0.05, 0.1) is 5.69 Å². The van der Waals surface area contributed by atoms with Crippen LogP contribution in [0, 0.1) is 12.7 Å². The second-order valence-electron chi connectivity index (χ2n) is 4.90. The predicted molar refractivity (Wildman–Crippen MR) is 80.4 cm³/mol. The quantitative estimate of drug-likeness (QED) is 0.920. The zero-order valence-electron chi connectivity index (χ0n) is 12.1. The lowest BCUT2D eigenvalue weighted by molar-refractivity contribution is 0.600. The summed E-state index contributed by atoms with van der Waals surface area (Å²) in [5, 5.41) is 5.41. The van der Waals surface area contributed by atoms with Gasteiger partial charge in [0.1, 0.15) is 10.8 Å². The summed E-state index contributed by atoms with van der Waals surface area (Å²) < 4.78 is 15.6. The Kier molecular flexibility index (Phi) is 4.83. The van der Waals surface area contributed by atoms with Crippen LogP contribution in [-0.4, -0.2) is 15.8 Å². The Balaban J connectivity index is 2.34. The lowest BCUT2D eigenvalue weighted by Crippen LogP contribution is -2.21.